The van der Waals surface area contributed by atoms with Gasteiger partial charge in [-0.25, -0.2) is 4.39 Å². The number of likely N-dealkylation sites (tertiary alicyclic amines) is 1. The van der Waals surface area contributed by atoms with Crippen molar-refractivity contribution in [3.63, 3.8) is 0 Å². The van der Waals surface area contributed by atoms with E-state index in [1.165, 1.54) is 6.07 Å². The monoisotopic (exact) mass is 459 g/mol. The molecule has 1 unspecified atom stereocenters. The standard InChI is InChI=1S/C26H31ClFNO3/c1-3-31-24-13-19-12-20(26(30)22(19)15-25(24)32-4-2)11-17-7-9-29(10-8-17)16-18-5-6-21(27)14-23(18)28/h5-6,13-15,17,20H,3-4,7-12,16H2,1-2H3. The van der Waals surface area contributed by atoms with Crippen molar-refractivity contribution >= 4 is 17.4 Å². The molecule has 2 aromatic rings. The zero-order valence-corrected chi connectivity index (χ0v) is 19.6. The second kappa shape index (κ2) is 10.2. The van der Waals surface area contributed by atoms with Gasteiger partial charge in [0.25, 0.3) is 0 Å². The molecule has 172 valence electrons. The number of carbonyl (C=O) groups excluding carboxylic acids is 1. The molecule has 0 spiro atoms. The molecule has 0 bridgehead atoms. The molecule has 0 saturated carbocycles. The molecule has 1 aliphatic carbocycles. The van der Waals surface area contributed by atoms with Crippen LogP contribution >= 0.6 is 11.6 Å². The fourth-order valence-electron chi connectivity index (χ4n) is 4.98. The van der Waals surface area contributed by atoms with Gasteiger partial charge in [0.1, 0.15) is 5.82 Å². The van der Waals surface area contributed by atoms with E-state index in [1.807, 2.05) is 26.0 Å². The number of carbonyl (C=O) groups is 1. The summed E-state index contributed by atoms with van der Waals surface area (Å²) in [6, 6.07) is 8.75. The SMILES string of the molecule is CCOc1cc2c(cc1OCC)C(=O)C(CC1CCN(Cc3ccc(Cl)cc3F)CC1)C2. The average Bonchev–Trinajstić information content (AvgIpc) is 3.06. The Labute approximate surface area is 194 Å². The van der Waals surface area contributed by atoms with E-state index in [2.05, 4.69) is 4.90 Å². The van der Waals surface area contributed by atoms with Gasteiger partial charge in [0.15, 0.2) is 17.3 Å². The molecule has 1 aliphatic heterocycles. The van der Waals surface area contributed by atoms with Crippen molar-refractivity contribution < 1.29 is 18.7 Å². The van der Waals surface area contributed by atoms with Crippen LogP contribution in [0.5, 0.6) is 11.5 Å². The number of Topliss-reactive ketones (excluding diaryl/α,β-unsaturated/α-hetero) is 1. The van der Waals surface area contributed by atoms with E-state index in [-0.39, 0.29) is 17.5 Å². The van der Waals surface area contributed by atoms with E-state index in [0.29, 0.717) is 42.0 Å². The van der Waals surface area contributed by atoms with Gasteiger partial charge in [0.2, 0.25) is 0 Å². The van der Waals surface area contributed by atoms with Crippen LogP contribution in [0.2, 0.25) is 5.02 Å². The number of fused-ring (bicyclic) bond motifs is 1. The summed E-state index contributed by atoms with van der Waals surface area (Å²) in [5, 5.41) is 0.425. The number of hydrogen-bond donors (Lipinski definition) is 0. The highest BCUT2D eigenvalue weighted by Crippen LogP contribution is 2.40. The Balaban J connectivity index is 1.34. The molecule has 6 heteroatoms. The van der Waals surface area contributed by atoms with Crippen molar-refractivity contribution in [1.29, 1.82) is 0 Å². The molecular formula is C26H31ClFNO3. The lowest BCUT2D eigenvalue weighted by molar-refractivity contribution is 0.0895. The van der Waals surface area contributed by atoms with Crippen molar-refractivity contribution in [2.75, 3.05) is 26.3 Å². The van der Waals surface area contributed by atoms with Crippen LogP contribution in [0.15, 0.2) is 30.3 Å². The quantitative estimate of drug-likeness (QED) is 0.490. The Morgan fingerprint density at radius 1 is 1.06 bits per heavy atom. The lowest BCUT2D eigenvalue weighted by Gasteiger charge is -2.33. The number of nitrogens with zero attached hydrogens (tertiary/aromatic N) is 1. The first kappa shape index (κ1) is 23.1. The summed E-state index contributed by atoms with van der Waals surface area (Å²) in [6.07, 6.45) is 3.74. The zero-order valence-electron chi connectivity index (χ0n) is 18.8. The van der Waals surface area contributed by atoms with Crippen molar-refractivity contribution in [2.45, 2.75) is 46.1 Å². The van der Waals surface area contributed by atoms with Gasteiger partial charge in [-0.1, -0.05) is 17.7 Å². The minimum Gasteiger partial charge on any atom is -0.490 e. The minimum atomic E-state index is -0.244. The summed E-state index contributed by atoms with van der Waals surface area (Å²) in [6.45, 7) is 7.42. The highest BCUT2D eigenvalue weighted by atomic mass is 35.5. The molecule has 1 fully saturated rings. The topological polar surface area (TPSA) is 38.8 Å². The van der Waals surface area contributed by atoms with Crippen molar-refractivity contribution in [1.82, 2.24) is 4.90 Å². The maximum absolute atomic E-state index is 14.1. The maximum Gasteiger partial charge on any atom is 0.166 e. The number of benzene rings is 2. The second-order valence-electron chi connectivity index (χ2n) is 8.78. The molecule has 0 aromatic heterocycles. The van der Waals surface area contributed by atoms with Gasteiger partial charge in [-0.2, -0.15) is 0 Å². The lowest BCUT2D eigenvalue weighted by Crippen LogP contribution is -2.34. The maximum atomic E-state index is 14.1. The first-order chi connectivity index (χ1) is 15.5. The first-order valence-corrected chi connectivity index (χ1v) is 12.0. The van der Waals surface area contributed by atoms with Crippen LogP contribution in [0.4, 0.5) is 4.39 Å². The predicted molar refractivity (Wildman–Crippen MR) is 124 cm³/mol. The normalized spacial score (nSPS) is 19.2. The van der Waals surface area contributed by atoms with Crippen LogP contribution in [0.1, 0.15) is 54.6 Å². The fraction of sp³-hybridized carbons (Fsp3) is 0.500. The number of piperidine rings is 1. The summed E-state index contributed by atoms with van der Waals surface area (Å²) in [5.41, 5.74) is 2.55. The molecule has 0 N–H and O–H groups in total. The fourth-order valence-corrected chi connectivity index (χ4v) is 5.14. The van der Waals surface area contributed by atoms with Crippen LogP contribution < -0.4 is 9.47 Å². The van der Waals surface area contributed by atoms with Gasteiger partial charge in [-0.05, 0) is 88.4 Å². The van der Waals surface area contributed by atoms with Gasteiger partial charge in [-0.15, -0.1) is 0 Å². The molecule has 2 aromatic carbocycles. The van der Waals surface area contributed by atoms with Crippen molar-refractivity contribution in [3.8, 4) is 11.5 Å². The van der Waals surface area contributed by atoms with E-state index in [9.17, 15) is 9.18 Å². The molecular weight excluding hydrogens is 429 g/mol. The van der Waals surface area contributed by atoms with Gasteiger partial charge in [0.05, 0.1) is 13.2 Å². The van der Waals surface area contributed by atoms with Crippen LogP contribution in [-0.2, 0) is 13.0 Å². The third-order valence-corrected chi connectivity index (χ3v) is 6.84. The van der Waals surface area contributed by atoms with Crippen LogP contribution in [0.3, 0.4) is 0 Å². The van der Waals surface area contributed by atoms with Crippen LogP contribution in [0.25, 0.3) is 0 Å². The zero-order chi connectivity index (χ0) is 22.7. The van der Waals surface area contributed by atoms with Crippen LogP contribution in [-0.4, -0.2) is 37.0 Å². The summed E-state index contributed by atoms with van der Waals surface area (Å²) in [5.74, 6) is 1.92. The number of hydrogen-bond acceptors (Lipinski definition) is 4. The molecule has 1 heterocycles. The third kappa shape index (κ3) is 5.10. The van der Waals surface area contributed by atoms with E-state index >= 15 is 0 Å². The Morgan fingerprint density at radius 3 is 2.41 bits per heavy atom. The molecule has 4 rings (SSSR count). The number of halogens is 2. The van der Waals surface area contributed by atoms with Crippen LogP contribution in [0, 0.1) is 17.7 Å². The Hall–Kier alpha value is -2.11. The molecule has 1 atom stereocenters. The number of ketones is 1. The molecule has 0 amide bonds. The largest absolute Gasteiger partial charge is 0.490 e. The molecule has 0 radical (unpaired) electrons. The second-order valence-corrected chi connectivity index (χ2v) is 9.21. The first-order valence-electron chi connectivity index (χ1n) is 11.6. The minimum absolute atomic E-state index is 0.0293. The van der Waals surface area contributed by atoms with E-state index < -0.39 is 0 Å². The lowest BCUT2D eigenvalue weighted by atomic mass is 9.85. The summed E-state index contributed by atoms with van der Waals surface area (Å²) in [7, 11) is 0. The van der Waals surface area contributed by atoms with E-state index in [0.717, 1.165) is 55.6 Å². The Kier molecular flexibility index (Phi) is 7.37. The number of ether oxygens (including phenoxy) is 2. The van der Waals surface area contributed by atoms with E-state index in [1.54, 1.807) is 12.1 Å². The molecule has 1 saturated heterocycles. The number of rotatable bonds is 8. The average molecular weight is 460 g/mol. The Bertz CT molecular complexity index is 972. The van der Waals surface area contributed by atoms with Gasteiger partial charge < -0.3 is 9.47 Å². The molecule has 32 heavy (non-hydrogen) atoms. The van der Waals surface area contributed by atoms with E-state index in [4.69, 9.17) is 21.1 Å². The summed E-state index contributed by atoms with van der Waals surface area (Å²) in [4.78, 5) is 15.4. The summed E-state index contributed by atoms with van der Waals surface area (Å²) >= 11 is 5.86. The molecule has 4 nitrogen and oxygen atoms in total. The highest BCUT2D eigenvalue weighted by Gasteiger charge is 2.34. The Morgan fingerprint density at radius 2 is 1.75 bits per heavy atom. The highest BCUT2D eigenvalue weighted by molar-refractivity contribution is 6.30. The smallest absolute Gasteiger partial charge is 0.166 e. The van der Waals surface area contributed by atoms with Crippen molar-refractivity contribution in [3.05, 3.63) is 57.9 Å². The third-order valence-electron chi connectivity index (χ3n) is 6.61. The van der Waals surface area contributed by atoms with Gasteiger partial charge >= 0.3 is 0 Å². The van der Waals surface area contributed by atoms with Gasteiger partial charge in [-0.3, -0.25) is 9.69 Å². The summed E-state index contributed by atoms with van der Waals surface area (Å²) < 4.78 is 25.6. The predicted octanol–water partition coefficient (Wildman–Crippen LogP) is 5.93. The molecule has 2 aliphatic rings. The van der Waals surface area contributed by atoms with Crippen molar-refractivity contribution in [2.24, 2.45) is 11.8 Å². The van der Waals surface area contributed by atoms with Gasteiger partial charge in [0, 0.05) is 28.6 Å².